The van der Waals surface area contributed by atoms with Crippen LogP contribution in [-0.4, -0.2) is 15.6 Å². The van der Waals surface area contributed by atoms with Crippen LogP contribution in [0.25, 0.3) is 27.7 Å². The molecule has 0 fully saturated rings. The standard InChI is InChI=1S/C28H20ClNO3/c29-23-10-15-26-22(18-23)16-17-30(26)24-11-6-19(7-12-24)20-8-13-25(14-9-20)33-27(28(31)32)21-4-2-1-3-5-21/h1-18,27H,(H,31,32). The molecular formula is C28H20ClNO3. The van der Waals surface area contributed by atoms with Gasteiger partial charge in [-0.05, 0) is 59.7 Å². The summed E-state index contributed by atoms with van der Waals surface area (Å²) in [6.07, 6.45) is 0.982. The number of aromatic nitrogens is 1. The minimum Gasteiger partial charge on any atom is -0.478 e. The minimum atomic E-state index is -1.05. The zero-order chi connectivity index (χ0) is 22.8. The highest BCUT2D eigenvalue weighted by Crippen LogP contribution is 2.28. The summed E-state index contributed by atoms with van der Waals surface area (Å²) in [5.74, 6) is -0.523. The van der Waals surface area contributed by atoms with Crippen molar-refractivity contribution >= 4 is 28.5 Å². The Morgan fingerprint density at radius 1 is 0.818 bits per heavy atom. The van der Waals surface area contributed by atoms with Crippen molar-refractivity contribution in [2.75, 3.05) is 0 Å². The van der Waals surface area contributed by atoms with Crippen molar-refractivity contribution < 1.29 is 14.6 Å². The first-order valence-corrected chi connectivity index (χ1v) is 10.9. The third-order valence-corrected chi connectivity index (χ3v) is 5.80. The van der Waals surface area contributed by atoms with Crippen LogP contribution in [0.4, 0.5) is 0 Å². The number of carbonyl (C=O) groups is 1. The van der Waals surface area contributed by atoms with Gasteiger partial charge in [0.15, 0.2) is 0 Å². The molecule has 0 aliphatic rings. The van der Waals surface area contributed by atoms with Crippen molar-refractivity contribution in [2.24, 2.45) is 0 Å². The zero-order valence-electron chi connectivity index (χ0n) is 17.6. The predicted molar refractivity (Wildman–Crippen MR) is 131 cm³/mol. The second-order valence-corrected chi connectivity index (χ2v) is 8.14. The first kappa shape index (κ1) is 20.9. The highest BCUT2D eigenvalue weighted by atomic mass is 35.5. The molecule has 1 atom stereocenters. The summed E-state index contributed by atoms with van der Waals surface area (Å²) in [5.41, 5.74) is 4.83. The molecule has 0 saturated heterocycles. The van der Waals surface area contributed by atoms with E-state index in [-0.39, 0.29) is 0 Å². The smallest absolute Gasteiger partial charge is 0.349 e. The molecule has 5 heteroatoms. The highest BCUT2D eigenvalue weighted by Gasteiger charge is 2.21. The third-order valence-electron chi connectivity index (χ3n) is 5.57. The van der Waals surface area contributed by atoms with Gasteiger partial charge in [-0.15, -0.1) is 0 Å². The van der Waals surface area contributed by atoms with Crippen LogP contribution in [0.2, 0.25) is 5.02 Å². The molecule has 5 rings (SSSR count). The predicted octanol–water partition coefficient (Wildman–Crippen LogP) is 7.16. The Balaban J connectivity index is 1.35. The van der Waals surface area contributed by atoms with Crippen LogP contribution in [-0.2, 0) is 4.79 Å². The van der Waals surface area contributed by atoms with Gasteiger partial charge in [0.1, 0.15) is 5.75 Å². The van der Waals surface area contributed by atoms with Crippen molar-refractivity contribution in [3.8, 4) is 22.6 Å². The first-order chi connectivity index (χ1) is 16.1. The molecule has 4 nitrogen and oxygen atoms in total. The van der Waals surface area contributed by atoms with Gasteiger partial charge in [0.25, 0.3) is 0 Å². The van der Waals surface area contributed by atoms with E-state index < -0.39 is 12.1 Å². The average molecular weight is 454 g/mol. The minimum absolute atomic E-state index is 0.504. The number of ether oxygens (including phenoxy) is 1. The lowest BCUT2D eigenvalue weighted by atomic mass is 10.0. The van der Waals surface area contributed by atoms with Gasteiger partial charge < -0.3 is 14.4 Å². The zero-order valence-corrected chi connectivity index (χ0v) is 18.3. The van der Waals surface area contributed by atoms with Crippen molar-refractivity contribution in [1.29, 1.82) is 0 Å². The summed E-state index contributed by atoms with van der Waals surface area (Å²) in [7, 11) is 0. The van der Waals surface area contributed by atoms with E-state index in [4.69, 9.17) is 16.3 Å². The number of benzene rings is 4. The van der Waals surface area contributed by atoms with Crippen LogP contribution in [0.1, 0.15) is 11.7 Å². The number of carboxylic acid groups (broad SMARTS) is 1. The van der Waals surface area contributed by atoms with Gasteiger partial charge in [0.2, 0.25) is 6.10 Å². The molecule has 4 aromatic carbocycles. The molecule has 0 aliphatic carbocycles. The Hall–Kier alpha value is -4.02. The molecule has 0 saturated carbocycles. The monoisotopic (exact) mass is 453 g/mol. The fraction of sp³-hybridized carbons (Fsp3) is 0.0357. The molecule has 5 aromatic rings. The van der Waals surface area contributed by atoms with E-state index in [1.807, 2.05) is 48.7 Å². The van der Waals surface area contributed by atoms with Crippen LogP contribution in [0.3, 0.4) is 0 Å². The number of nitrogens with zero attached hydrogens (tertiary/aromatic N) is 1. The maximum absolute atomic E-state index is 11.7. The Labute approximate surface area is 196 Å². The van der Waals surface area contributed by atoms with Gasteiger partial charge in [-0.1, -0.05) is 66.2 Å². The van der Waals surface area contributed by atoms with Crippen molar-refractivity contribution in [3.63, 3.8) is 0 Å². The molecule has 0 amide bonds. The number of aliphatic carboxylic acids is 1. The number of halogens is 1. The summed E-state index contributed by atoms with van der Waals surface area (Å²) >= 11 is 6.10. The molecule has 0 radical (unpaired) electrons. The van der Waals surface area contributed by atoms with Gasteiger partial charge in [-0.3, -0.25) is 0 Å². The Bertz CT molecular complexity index is 1410. The van der Waals surface area contributed by atoms with Gasteiger partial charge >= 0.3 is 5.97 Å². The summed E-state index contributed by atoms with van der Waals surface area (Å²) in [6.45, 7) is 0. The van der Waals surface area contributed by atoms with Gasteiger partial charge in [-0.25, -0.2) is 4.79 Å². The van der Waals surface area contributed by atoms with E-state index in [1.165, 1.54) is 0 Å². The average Bonchev–Trinajstić information content (AvgIpc) is 3.26. The third kappa shape index (κ3) is 4.34. The fourth-order valence-electron chi connectivity index (χ4n) is 3.90. The lowest BCUT2D eigenvalue weighted by molar-refractivity contribution is -0.145. The summed E-state index contributed by atoms with van der Waals surface area (Å²) < 4.78 is 7.88. The van der Waals surface area contributed by atoms with E-state index in [9.17, 15) is 9.90 Å². The van der Waals surface area contributed by atoms with E-state index >= 15 is 0 Å². The number of rotatable bonds is 6. The quantitative estimate of drug-likeness (QED) is 0.297. The maximum atomic E-state index is 11.7. The number of hydrogen-bond donors (Lipinski definition) is 1. The van der Waals surface area contributed by atoms with Gasteiger partial charge in [0.05, 0.1) is 5.52 Å². The first-order valence-electron chi connectivity index (χ1n) is 10.5. The van der Waals surface area contributed by atoms with Gasteiger partial charge in [-0.2, -0.15) is 0 Å². The Morgan fingerprint density at radius 2 is 1.48 bits per heavy atom. The van der Waals surface area contributed by atoms with Crippen LogP contribution < -0.4 is 4.74 Å². The number of fused-ring (bicyclic) bond motifs is 1. The lowest BCUT2D eigenvalue weighted by Gasteiger charge is -2.16. The van der Waals surface area contributed by atoms with E-state index in [1.54, 1.807) is 36.4 Å². The van der Waals surface area contributed by atoms with Gasteiger partial charge in [0, 0.05) is 27.9 Å². The molecule has 33 heavy (non-hydrogen) atoms. The molecule has 162 valence electrons. The number of carboxylic acids is 1. The van der Waals surface area contributed by atoms with Crippen LogP contribution in [0, 0.1) is 0 Å². The van der Waals surface area contributed by atoms with Crippen molar-refractivity contribution in [2.45, 2.75) is 6.10 Å². The molecule has 1 unspecified atom stereocenters. The fourth-order valence-corrected chi connectivity index (χ4v) is 4.08. The second kappa shape index (κ2) is 8.85. The molecular weight excluding hydrogens is 434 g/mol. The summed E-state index contributed by atoms with van der Waals surface area (Å²) in [6, 6.07) is 32.6. The number of hydrogen-bond acceptors (Lipinski definition) is 2. The highest BCUT2D eigenvalue weighted by molar-refractivity contribution is 6.31. The molecule has 1 aromatic heterocycles. The normalized spacial score (nSPS) is 11.9. The van der Waals surface area contributed by atoms with Crippen molar-refractivity contribution in [3.05, 3.63) is 120 Å². The Morgan fingerprint density at radius 3 is 2.15 bits per heavy atom. The summed E-state index contributed by atoms with van der Waals surface area (Å²) in [4.78, 5) is 11.7. The SMILES string of the molecule is O=C(O)C(Oc1ccc(-c2ccc(-n3ccc4cc(Cl)ccc43)cc2)cc1)c1ccccc1. The maximum Gasteiger partial charge on any atom is 0.349 e. The molecule has 0 bridgehead atoms. The van der Waals surface area contributed by atoms with Crippen molar-refractivity contribution in [1.82, 2.24) is 4.57 Å². The largest absolute Gasteiger partial charge is 0.478 e. The molecule has 0 aliphatic heterocycles. The summed E-state index contributed by atoms with van der Waals surface area (Å²) in [5, 5.41) is 11.4. The second-order valence-electron chi connectivity index (χ2n) is 7.71. The molecule has 1 heterocycles. The molecule has 0 spiro atoms. The molecule has 1 N–H and O–H groups in total. The van der Waals surface area contributed by atoms with Crippen LogP contribution in [0.5, 0.6) is 5.75 Å². The van der Waals surface area contributed by atoms with Crippen LogP contribution >= 0.6 is 11.6 Å². The van der Waals surface area contributed by atoms with E-state index in [2.05, 4.69) is 28.8 Å². The topological polar surface area (TPSA) is 51.5 Å². The van der Waals surface area contributed by atoms with Crippen LogP contribution in [0.15, 0.2) is 109 Å². The van der Waals surface area contributed by atoms with E-state index in [0.717, 1.165) is 32.7 Å². The lowest BCUT2D eigenvalue weighted by Crippen LogP contribution is -2.18. The van der Waals surface area contributed by atoms with E-state index in [0.29, 0.717) is 11.3 Å². The Kier molecular flexibility index (Phi) is 5.59.